The first-order chi connectivity index (χ1) is 9.47. The van der Waals surface area contributed by atoms with Gasteiger partial charge in [-0.2, -0.15) is 0 Å². The average Bonchev–Trinajstić information content (AvgIpc) is 2.44. The number of carbonyl (C=O) groups is 1. The van der Waals surface area contributed by atoms with E-state index in [1.165, 1.54) is 5.56 Å². The Bertz CT molecular complexity index is 391. The monoisotopic (exact) mass is 296 g/mol. The average molecular weight is 297 g/mol. The van der Waals surface area contributed by atoms with Crippen molar-refractivity contribution in [3.8, 4) is 0 Å². The van der Waals surface area contributed by atoms with Crippen LogP contribution < -0.4 is 5.32 Å². The summed E-state index contributed by atoms with van der Waals surface area (Å²) >= 11 is 5.53. The third kappa shape index (κ3) is 10.6. The fraction of sp³-hybridized carbons (Fsp3) is 0.438. The normalized spacial score (nSPS) is 9.65. The van der Waals surface area contributed by atoms with Gasteiger partial charge in [0.05, 0.1) is 0 Å². The number of rotatable bonds is 6. The third-order valence-corrected chi connectivity index (χ3v) is 2.76. The molecule has 0 aromatic heterocycles. The van der Waals surface area contributed by atoms with Crippen molar-refractivity contribution in [2.45, 2.75) is 19.2 Å². The van der Waals surface area contributed by atoms with Gasteiger partial charge in [-0.25, -0.2) is 0 Å². The first kappa shape index (κ1) is 18.7. The van der Waals surface area contributed by atoms with Crippen LogP contribution in [0, 0.1) is 0 Å². The molecule has 1 N–H and O–H groups in total. The second kappa shape index (κ2) is 11.5. The molecule has 0 aliphatic rings. The highest BCUT2D eigenvalue weighted by molar-refractivity contribution is 6.17. The number of hydrogen-bond acceptors (Lipinski definition) is 2. The molecule has 4 heteroatoms. The van der Waals surface area contributed by atoms with Gasteiger partial charge in [0.25, 0.3) is 0 Å². The Morgan fingerprint density at radius 3 is 2.30 bits per heavy atom. The molecule has 0 spiro atoms. The quantitative estimate of drug-likeness (QED) is 0.497. The van der Waals surface area contributed by atoms with E-state index in [1.807, 2.05) is 44.4 Å². The van der Waals surface area contributed by atoms with E-state index < -0.39 is 0 Å². The molecule has 0 unspecified atom stereocenters. The molecule has 0 aliphatic carbocycles. The van der Waals surface area contributed by atoms with Gasteiger partial charge in [-0.05, 0) is 39.5 Å². The van der Waals surface area contributed by atoms with Crippen LogP contribution in [0.3, 0.4) is 0 Å². The molecule has 3 nitrogen and oxygen atoms in total. The summed E-state index contributed by atoms with van der Waals surface area (Å²) in [5.41, 5.74) is 1.74. The van der Waals surface area contributed by atoms with E-state index in [-0.39, 0.29) is 5.91 Å². The van der Waals surface area contributed by atoms with Crippen LogP contribution in [0.25, 0.3) is 0 Å². The topological polar surface area (TPSA) is 32.3 Å². The van der Waals surface area contributed by atoms with E-state index in [2.05, 4.69) is 16.8 Å². The van der Waals surface area contributed by atoms with Gasteiger partial charge in [-0.1, -0.05) is 36.9 Å². The number of halogens is 1. The zero-order valence-electron chi connectivity index (χ0n) is 12.7. The van der Waals surface area contributed by atoms with Gasteiger partial charge in [0.15, 0.2) is 0 Å². The summed E-state index contributed by atoms with van der Waals surface area (Å²) in [4.78, 5) is 13.1. The fourth-order valence-corrected chi connectivity index (χ4v) is 1.49. The summed E-state index contributed by atoms with van der Waals surface area (Å²) in [6, 6.07) is 9.96. The van der Waals surface area contributed by atoms with Crippen molar-refractivity contribution >= 4 is 17.5 Å². The maximum absolute atomic E-state index is 11.0. The molecule has 1 aromatic rings. The Balaban J connectivity index is 0.000000388. The molecule has 0 fully saturated rings. The van der Waals surface area contributed by atoms with Crippen LogP contribution >= 0.6 is 11.6 Å². The molecule has 0 saturated heterocycles. The molecular weight excluding hydrogens is 272 g/mol. The molecule has 1 amide bonds. The first-order valence-electron chi connectivity index (χ1n) is 6.65. The number of alkyl halides is 1. The molecule has 0 radical (unpaired) electrons. The second-order valence-corrected chi connectivity index (χ2v) is 5.08. The highest BCUT2D eigenvalue weighted by atomic mass is 35.5. The van der Waals surface area contributed by atoms with E-state index in [0.717, 1.165) is 19.5 Å². The van der Waals surface area contributed by atoms with Gasteiger partial charge < -0.3 is 10.2 Å². The first-order valence-corrected chi connectivity index (χ1v) is 7.19. The smallest absolute Gasteiger partial charge is 0.246 e. The van der Waals surface area contributed by atoms with Crippen molar-refractivity contribution in [2.24, 2.45) is 0 Å². The molecule has 0 atom stereocenters. The molecule has 0 saturated carbocycles. The fourth-order valence-electron chi connectivity index (χ4n) is 1.32. The van der Waals surface area contributed by atoms with Crippen LogP contribution in [0.1, 0.15) is 18.9 Å². The van der Waals surface area contributed by atoms with Gasteiger partial charge in [0.2, 0.25) is 5.91 Å². The van der Waals surface area contributed by atoms with Crippen LogP contribution in [-0.4, -0.2) is 38.0 Å². The van der Waals surface area contributed by atoms with Crippen LogP contribution in [-0.2, 0) is 10.7 Å². The number of benzene rings is 1. The summed E-state index contributed by atoms with van der Waals surface area (Å²) in [7, 11) is 4.03. The van der Waals surface area contributed by atoms with Crippen molar-refractivity contribution in [1.29, 1.82) is 0 Å². The Hall–Kier alpha value is -1.32. The summed E-state index contributed by atoms with van der Waals surface area (Å²) in [6.45, 7) is 6.98. The van der Waals surface area contributed by atoms with Crippen LogP contribution in [0.15, 0.2) is 42.5 Å². The number of amides is 1. The minimum absolute atomic E-state index is 0.0474. The van der Waals surface area contributed by atoms with Crippen LogP contribution in [0.2, 0.25) is 0 Å². The molecule has 1 rings (SSSR count). The lowest BCUT2D eigenvalue weighted by molar-refractivity contribution is -0.117. The zero-order chi connectivity index (χ0) is 15.4. The summed E-state index contributed by atoms with van der Waals surface area (Å²) in [6.07, 6.45) is 0.978. The van der Waals surface area contributed by atoms with Crippen molar-refractivity contribution < 1.29 is 4.79 Å². The summed E-state index contributed by atoms with van der Waals surface area (Å²) < 4.78 is 0. The molecule has 1 aromatic carbocycles. The number of carbonyl (C=O) groups excluding carboxylic acids is 1. The largest absolute Gasteiger partial charge is 0.352 e. The lowest BCUT2D eigenvalue weighted by atomic mass is 10.2. The highest BCUT2D eigenvalue weighted by Crippen LogP contribution is 2.00. The highest BCUT2D eigenvalue weighted by Gasteiger charge is 1.99. The Morgan fingerprint density at radius 2 is 1.90 bits per heavy atom. The van der Waals surface area contributed by atoms with Gasteiger partial charge in [0, 0.05) is 18.0 Å². The summed E-state index contributed by atoms with van der Waals surface area (Å²) in [5.74, 6) is 0.564. The minimum Gasteiger partial charge on any atom is -0.352 e. The van der Waals surface area contributed by atoms with E-state index in [1.54, 1.807) is 6.92 Å². The second-order valence-electron chi connectivity index (χ2n) is 4.81. The third-order valence-electron chi connectivity index (χ3n) is 2.45. The van der Waals surface area contributed by atoms with Crippen LogP contribution in [0.4, 0.5) is 0 Å². The predicted molar refractivity (Wildman–Crippen MR) is 87.0 cm³/mol. The molecular formula is C16H25ClN2O. The molecule has 20 heavy (non-hydrogen) atoms. The summed E-state index contributed by atoms with van der Waals surface area (Å²) in [5, 5.41) is 2.77. The number of nitrogens with zero attached hydrogens (tertiary/aromatic N) is 1. The van der Waals surface area contributed by atoms with Crippen molar-refractivity contribution in [2.75, 3.05) is 27.2 Å². The Kier molecular flexibility index (Phi) is 10.7. The lowest BCUT2D eigenvalue weighted by Crippen LogP contribution is -2.27. The molecule has 0 aliphatic heterocycles. The number of hydrogen-bond donors (Lipinski definition) is 1. The van der Waals surface area contributed by atoms with Gasteiger partial charge in [-0.15, -0.1) is 11.6 Å². The number of nitrogens with one attached hydrogen (secondary N) is 1. The minimum atomic E-state index is -0.0474. The van der Waals surface area contributed by atoms with E-state index in [4.69, 9.17) is 11.6 Å². The molecule has 112 valence electrons. The van der Waals surface area contributed by atoms with E-state index in [9.17, 15) is 4.79 Å². The Labute approximate surface area is 127 Å². The van der Waals surface area contributed by atoms with E-state index >= 15 is 0 Å². The van der Waals surface area contributed by atoms with Gasteiger partial charge >= 0.3 is 0 Å². The van der Waals surface area contributed by atoms with Gasteiger partial charge in [-0.3, -0.25) is 4.79 Å². The zero-order valence-corrected chi connectivity index (χ0v) is 13.4. The van der Waals surface area contributed by atoms with E-state index in [0.29, 0.717) is 11.5 Å². The lowest BCUT2D eigenvalue weighted by Gasteiger charge is -2.09. The molecule has 0 bridgehead atoms. The standard InChI is InChI=1S/C9H18N2O.C7H7Cl/c1-8(2)9(12)10-6-5-7-11(3)4;8-6-7-4-2-1-3-5-7/h1,5-7H2,2-4H3,(H,10,12);1-5H,6H2. The van der Waals surface area contributed by atoms with Crippen molar-refractivity contribution in [3.05, 3.63) is 48.0 Å². The van der Waals surface area contributed by atoms with Crippen LogP contribution in [0.5, 0.6) is 0 Å². The van der Waals surface area contributed by atoms with Crippen molar-refractivity contribution in [3.63, 3.8) is 0 Å². The SMILES string of the molecule is C=C(C)C(=O)NCCCN(C)C.ClCc1ccccc1. The Morgan fingerprint density at radius 1 is 1.30 bits per heavy atom. The molecule has 0 heterocycles. The van der Waals surface area contributed by atoms with Gasteiger partial charge in [0.1, 0.15) is 0 Å². The van der Waals surface area contributed by atoms with Crippen molar-refractivity contribution in [1.82, 2.24) is 10.2 Å². The maximum atomic E-state index is 11.0. The maximum Gasteiger partial charge on any atom is 0.246 e. The predicted octanol–water partition coefficient (Wildman–Crippen LogP) is 3.06.